The quantitative estimate of drug-likeness (QED) is 0.758. The Hall–Kier alpha value is -2.96. The largest absolute Gasteiger partial charge is 0.494 e. The van der Waals surface area contributed by atoms with E-state index in [2.05, 4.69) is 15.2 Å². The van der Waals surface area contributed by atoms with Crippen molar-refractivity contribution in [3.63, 3.8) is 0 Å². The first-order valence-corrected chi connectivity index (χ1v) is 9.30. The lowest BCUT2D eigenvalue weighted by Gasteiger charge is -2.35. The molecule has 1 aromatic carbocycles. The molecule has 2 aromatic rings. The molecule has 1 N–H and O–H groups in total. The van der Waals surface area contributed by atoms with Crippen molar-refractivity contribution in [1.82, 2.24) is 15.2 Å². The van der Waals surface area contributed by atoms with Crippen LogP contribution in [-0.4, -0.2) is 61.9 Å². The summed E-state index contributed by atoms with van der Waals surface area (Å²) < 4.78 is 11.1. The number of urea groups is 1. The van der Waals surface area contributed by atoms with E-state index in [-0.39, 0.29) is 6.03 Å². The number of piperazine rings is 1. The second kappa shape index (κ2) is 9.66. The van der Waals surface area contributed by atoms with Crippen LogP contribution in [-0.2, 0) is 0 Å². The average molecular weight is 370 g/mol. The third-order valence-electron chi connectivity index (χ3n) is 4.30. The van der Waals surface area contributed by atoms with E-state index in [0.717, 1.165) is 30.4 Å². The second-order valence-corrected chi connectivity index (χ2v) is 6.15. The minimum Gasteiger partial charge on any atom is -0.494 e. The third-order valence-corrected chi connectivity index (χ3v) is 4.30. The van der Waals surface area contributed by atoms with Crippen molar-refractivity contribution in [3.05, 3.63) is 48.7 Å². The fourth-order valence-corrected chi connectivity index (χ4v) is 2.94. The Kier molecular flexibility index (Phi) is 6.73. The highest BCUT2D eigenvalue weighted by Gasteiger charge is 2.21. The highest BCUT2D eigenvalue weighted by molar-refractivity contribution is 5.74. The maximum atomic E-state index is 12.3. The van der Waals surface area contributed by atoms with Gasteiger partial charge in [-0.3, -0.25) is 0 Å². The van der Waals surface area contributed by atoms with Crippen LogP contribution in [0.2, 0.25) is 0 Å². The van der Waals surface area contributed by atoms with Crippen LogP contribution in [0.4, 0.5) is 10.6 Å². The molecule has 1 aromatic heterocycles. The summed E-state index contributed by atoms with van der Waals surface area (Å²) in [5.74, 6) is 2.48. The average Bonchev–Trinajstić information content (AvgIpc) is 2.72. The lowest BCUT2D eigenvalue weighted by molar-refractivity contribution is 0.191. The zero-order valence-electron chi connectivity index (χ0n) is 15.6. The summed E-state index contributed by atoms with van der Waals surface area (Å²) in [5, 5.41) is 2.91. The van der Waals surface area contributed by atoms with Crippen LogP contribution in [0.1, 0.15) is 6.92 Å². The van der Waals surface area contributed by atoms with E-state index in [1.807, 2.05) is 54.3 Å². The Morgan fingerprint density at radius 1 is 1.07 bits per heavy atom. The number of aromatic nitrogens is 1. The molecule has 2 heterocycles. The highest BCUT2D eigenvalue weighted by Crippen LogP contribution is 2.19. The Labute approximate surface area is 159 Å². The van der Waals surface area contributed by atoms with Crippen LogP contribution in [0.25, 0.3) is 0 Å². The van der Waals surface area contributed by atoms with Gasteiger partial charge < -0.3 is 24.6 Å². The fraction of sp³-hybridized carbons (Fsp3) is 0.400. The number of hydrogen-bond donors (Lipinski definition) is 1. The Bertz CT molecular complexity index is 718. The van der Waals surface area contributed by atoms with Gasteiger partial charge in [-0.25, -0.2) is 9.78 Å². The molecular formula is C20H26N4O3. The molecule has 3 rings (SSSR count). The summed E-state index contributed by atoms with van der Waals surface area (Å²) >= 11 is 0. The van der Waals surface area contributed by atoms with Gasteiger partial charge in [0, 0.05) is 38.4 Å². The van der Waals surface area contributed by atoms with Crippen molar-refractivity contribution in [1.29, 1.82) is 0 Å². The van der Waals surface area contributed by atoms with Gasteiger partial charge in [-0.2, -0.15) is 0 Å². The second-order valence-electron chi connectivity index (χ2n) is 6.15. The number of amides is 2. The fourth-order valence-electron chi connectivity index (χ4n) is 2.94. The normalized spacial score (nSPS) is 14.0. The zero-order valence-corrected chi connectivity index (χ0v) is 15.6. The summed E-state index contributed by atoms with van der Waals surface area (Å²) in [7, 11) is 0. The molecule has 1 aliphatic heterocycles. The first-order chi connectivity index (χ1) is 13.3. The van der Waals surface area contributed by atoms with Gasteiger partial charge >= 0.3 is 6.03 Å². The number of benzene rings is 1. The summed E-state index contributed by atoms with van der Waals surface area (Å²) in [6, 6.07) is 13.3. The number of nitrogens with one attached hydrogen (secondary N) is 1. The molecule has 0 bridgehead atoms. The highest BCUT2D eigenvalue weighted by atomic mass is 16.5. The molecule has 7 nitrogen and oxygen atoms in total. The van der Waals surface area contributed by atoms with Crippen LogP contribution in [0, 0.1) is 0 Å². The smallest absolute Gasteiger partial charge is 0.317 e. The lowest BCUT2D eigenvalue weighted by Crippen LogP contribution is -2.52. The van der Waals surface area contributed by atoms with Crippen LogP contribution >= 0.6 is 0 Å². The molecule has 1 fully saturated rings. The zero-order chi connectivity index (χ0) is 18.9. The van der Waals surface area contributed by atoms with Gasteiger partial charge in [0.25, 0.3) is 0 Å². The molecule has 0 radical (unpaired) electrons. The van der Waals surface area contributed by atoms with Crippen molar-refractivity contribution < 1.29 is 14.3 Å². The lowest BCUT2D eigenvalue weighted by atomic mass is 10.3. The van der Waals surface area contributed by atoms with Gasteiger partial charge in [-0.05, 0) is 31.2 Å². The van der Waals surface area contributed by atoms with Gasteiger partial charge in [-0.15, -0.1) is 0 Å². The predicted molar refractivity (Wildman–Crippen MR) is 105 cm³/mol. The number of pyridine rings is 1. The van der Waals surface area contributed by atoms with E-state index in [4.69, 9.17) is 9.47 Å². The molecule has 1 saturated heterocycles. The minimum atomic E-state index is -0.0534. The molecule has 0 aliphatic carbocycles. The molecule has 27 heavy (non-hydrogen) atoms. The monoisotopic (exact) mass is 370 g/mol. The topological polar surface area (TPSA) is 66.9 Å². The Balaban J connectivity index is 1.36. The number of carbonyl (C=O) groups is 1. The molecule has 1 aliphatic rings. The summed E-state index contributed by atoms with van der Waals surface area (Å²) in [4.78, 5) is 20.7. The number of anilines is 1. The molecular weight excluding hydrogens is 344 g/mol. The maximum Gasteiger partial charge on any atom is 0.317 e. The van der Waals surface area contributed by atoms with Crippen LogP contribution < -0.4 is 19.7 Å². The molecule has 144 valence electrons. The first kappa shape index (κ1) is 18.8. The number of rotatable bonds is 7. The molecule has 7 heteroatoms. The molecule has 0 unspecified atom stereocenters. The van der Waals surface area contributed by atoms with Crippen molar-refractivity contribution in [2.24, 2.45) is 0 Å². The summed E-state index contributed by atoms with van der Waals surface area (Å²) in [6.07, 6.45) is 1.79. The standard InChI is InChI=1S/C20H26N4O3/c1-2-26-17-6-5-7-18(16-17)27-15-10-22-20(25)24-13-11-23(12-14-24)19-8-3-4-9-21-19/h3-9,16H,2,10-15H2,1H3,(H,22,25). The van der Waals surface area contributed by atoms with E-state index < -0.39 is 0 Å². The molecule has 2 amide bonds. The number of hydrogen-bond acceptors (Lipinski definition) is 5. The summed E-state index contributed by atoms with van der Waals surface area (Å²) in [5.41, 5.74) is 0. The van der Waals surface area contributed by atoms with Gasteiger partial charge in [-0.1, -0.05) is 12.1 Å². The number of ether oxygens (including phenoxy) is 2. The van der Waals surface area contributed by atoms with Crippen LogP contribution in [0.5, 0.6) is 11.5 Å². The molecule has 0 saturated carbocycles. The Morgan fingerprint density at radius 3 is 2.56 bits per heavy atom. The van der Waals surface area contributed by atoms with Crippen LogP contribution in [0.3, 0.4) is 0 Å². The molecule has 0 atom stereocenters. The number of carbonyl (C=O) groups excluding carboxylic acids is 1. The maximum absolute atomic E-state index is 12.3. The van der Waals surface area contributed by atoms with E-state index in [1.165, 1.54) is 0 Å². The van der Waals surface area contributed by atoms with Crippen molar-refractivity contribution in [2.45, 2.75) is 6.92 Å². The van der Waals surface area contributed by atoms with Crippen LogP contribution in [0.15, 0.2) is 48.7 Å². The van der Waals surface area contributed by atoms with Crippen molar-refractivity contribution in [2.75, 3.05) is 50.8 Å². The SMILES string of the molecule is CCOc1cccc(OCCNC(=O)N2CCN(c3ccccn3)CC2)c1. The van der Waals surface area contributed by atoms with E-state index >= 15 is 0 Å². The van der Waals surface area contributed by atoms with E-state index in [1.54, 1.807) is 6.20 Å². The Morgan fingerprint density at radius 2 is 1.85 bits per heavy atom. The van der Waals surface area contributed by atoms with E-state index in [0.29, 0.717) is 32.8 Å². The van der Waals surface area contributed by atoms with Crippen molar-refractivity contribution >= 4 is 11.8 Å². The van der Waals surface area contributed by atoms with Crippen molar-refractivity contribution in [3.8, 4) is 11.5 Å². The van der Waals surface area contributed by atoms with Gasteiger partial charge in [0.05, 0.1) is 13.2 Å². The predicted octanol–water partition coefficient (Wildman–Crippen LogP) is 2.39. The minimum absolute atomic E-state index is 0.0534. The van der Waals surface area contributed by atoms with Gasteiger partial charge in [0.1, 0.15) is 23.9 Å². The van der Waals surface area contributed by atoms with Gasteiger partial charge in [0.2, 0.25) is 0 Å². The van der Waals surface area contributed by atoms with Gasteiger partial charge in [0.15, 0.2) is 0 Å². The first-order valence-electron chi connectivity index (χ1n) is 9.30. The number of nitrogens with zero attached hydrogens (tertiary/aromatic N) is 3. The summed E-state index contributed by atoms with van der Waals surface area (Å²) in [6.45, 7) is 6.36. The molecule has 0 spiro atoms. The third kappa shape index (κ3) is 5.51. The van der Waals surface area contributed by atoms with E-state index in [9.17, 15) is 4.79 Å².